The lowest BCUT2D eigenvalue weighted by molar-refractivity contribution is -0.132. The van der Waals surface area contributed by atoms with Crippen LogP contribution in [0.1, 0.15) is 12.5 Å². The number of hydrogen-bond donors (Lipinski definition) is 1. The van der Waals surface area contributed by atoms with E-state index in [9.17, 15) is 9.59 Å². The summed E-state index contributed by atoms with van der Waals surface area (Å²) in [5.74, 6) is 0.0650. The van der Waals surface area contributed by atoms with E-state index in [1.165, 1.54) is 26.3 Å². The number of carbonyl (C=O) groups excluding carboxylic acids is 2. The quantitative estimate of drug-likeness (QED) is 0.327. The molecule has 27 heavy (non-hydrogen) atoms. The van der Waals surface area contributed by atoms with Crippen LogP contribution in [0.2, 0.25) is 10.0 Å². The van der Waals surface area contributed by atoms with E-state index in [2.05, 4.69) is 10.5 Å². The summed E-state index contributed by atoms with van der Waals surface area (Å²) < 4.78 is 15.5. The largest absolute Gasteiger partial charge is 0.493 e. The second-order valence-corrected chi connectivity index (χ2v) is 6.00. The number of methoxy groups -OCH3 is 1. The van der Waals surface area contributed by atoms with Gasteiger partial charge in [0.1, 0.15) is 5.75 Å². The lowest BCUT2D eigenvalue weighted by Crippen LogP contribution is -2.24. The van der Waals surface area contributed by atoms with Crippen molar-refractivity contribution in [3.63, 3.8) is 0 Å². The van der Waals surface area contributed by atoms with Gasteiger partial charge in [0.25, 0.3) is 5.91 Å². The van der Waals surface area contributed by atoms with Gasteiger partial charge in [-0.1, -0.05) is 23.2 Å². The molecule has 7 nitrogen and oxygen atoms in total. The average Bonchev–Trinajstić information content (AvgIpc) is 2.61. The third-order valence-corrected chi connectivity index (χ3v) is 3.63. The molecule has 142 valence electrons. The number of esters is 1. The fraction of sp³-hybridized carbons (Fsp3) is 0.167. The van der Waals surface area contributed by atoms with Crippen molar-refractivity contribution in [3.05, 3.63) is 52.0 Å². The number of carbonyl (C=O) groups is 2. The summed E-state index contributed by atoms with van der Waals surface area (Å²) >= 11 is 11.7. The van der Waals surface area contributed by atoms with Gasteiger partial charge in [0, 0.05) is 11.9 Å². The fourth-order valence-corrected chi connectivity index (χ4v) is 2.41. The molecular formula is C18H16Cl2N2O5. The van der Waals surface area contributed by atoms with Gasteiger partial charge in [0.2, 0.25) is 0 Å². The van der Waals surface area contributed by atoms with E-state index in [1.54, 1.807) is 30.3 Å². The summed E-state index contributed by atoms with van der Waals surface area (Å²) in [5.41, 5.74) is 2.96. The lowest BCUT2D eigenvalue weighted by atomic mass is 10.2. The minimum Gasteiger partial charge on any atom is -0.493 e. The van der Waals surface area contributed by atoms with E-state index in [0.717, 1.165) is 0 Å². The number of rotatable bonds is 7. The minimum atomic E-state index is -0.472. The Morgan fingerprint density at radius 1 is 1.11 bits per heavy atom. The zero-order chi connectivity index (χ0) is 19.8. The van der Waals surface area contributed by atoms with E-state index in [1.807, 2.05) is 0 Å². The zero-order valence-corrected chi connectivity index (χ0v) is 16.0. The summed E-state index contributed by atoms with van der Waals surface area (Å²) in [4.78, 5) is 22.8. The maximum atomic E-state index is 11.8. The van der Waals surface area contributed by atoms with Gasteiger partial charge >= 0.3 is 5.97 Å². The fourth-order valence-electron chi connectivity index (χ4n) is 1.95. The van der Waals surface area contributed by atoms with Gasteiger partial charge in [0.05, 0.1) is 18.3 Å². The highest BCUT2D eigenvalue weighted by Gasteiger charge is 2.08. The van der Waals surface area contributed by atoms with Crippen LogP contribution in [0.5, 0.6) is 17.2 Å². The first-order valence-electron chi connectivity index (χ1n) is 7.65. The van der Waals surface area contributed by atoms with Crippen LogP contribution in [0.25, 0.3) is 0 Å². The Balaban J connectivity index is 1.90. The maximum Gasteiger partial charge on any atom is 0.308 e. The van der Waals surface area contributed by atoms with Crippen LogP contribution in [0.15, 0.2) is 41.5 Å². The molecule has 0 aliphatic heterocycles. The number of nitrogens with zero attached hydrogens (tertiary/aromatic N) is 1. The van der Waals surface area contributed by atoms with E-state index in [4.69, 9.17) is 37.4 Å². The van der Waals surface area contributed by atoms with Gasteiger partial charge in [-0.3, -0.25) is 9.59 Å². The highest BCUT2D eigenvalue weighted by molar-refractivity contribution is 6.35. The van der Waals surface area contributed by atoms with Gasteiger partial charge < -0.3 is 14.2 Å². The summed E-state index contributed by atoms with van der Waals surface area (Å²) in [6, 6.07) is 9.51. The molecule has 0 saturated heterocycles. The molecule has 2 aromatic rings. The van der Waals surface area contributed by atoms with Gasteiger partial charge in [-0.05, 0) is 42.0 Å². The van der Waals surface area contributed by atoms with Crippen LogP contribution in [-0.4, -0.2) is 31.8 Å². The van der Waals surface area contributed by atoms with Crippen LogP contribution in [0.3, 0.4) is 0 Å². The van der Waals surface area contributed by atoms with Crippen molar-refractivity contribution >= 4 is 41.3 Å². The van der Waals surface area contributed by atoms with E-state index in [-0.39, 0.29) is 6.61 Å². The van der Waals surface area contributed by atoms with Crippen molar-refractivity contribution in [1.82, 2.24) is 5.43 Å². The predicted molar refractivity (Wildman–Crippen MR) is 102 cm³/mol. The van der Waals surface area contributed by atoms with Crippen molar-refractivity contribution in [2.24, 2.45) is 5.10 Å². The number of halogens is 2. The average molecular weight is 411 g/mol. The molecule has 0 aromatic heterocycles. The van der Waals surface area contributed by atoms with E-state index in [0.29, 0.717) is 32.9 Å². The third kappa shape index (κ3) is 6.47. The van der Waals surface area contributed by atoms with Crippen molar-refractivity contribution in [3.8, 4) is 17.2 Å². The van der Waals surface area contributed by atoms with Gasteiger partial charge in [0.15, 0.2) is 18.1 Å². The number of hydrogen-bond acceptors (Lipinski definition) is 6. The second kappa shape index (κ2) is 9.80. The zero-order valence-electron chi connectivity index (χ0n) is 14.5. The number of hydrazone groups is 1. The Kier molecular flexibility index (Phi) is 7.45. The molecule has 0 atom stereocenters. The number of nitrogens with one attached hydrogen (secondary N) is 1. The second-order valence-electron chi connectivity index (χ2n) is 5.16. The highest BCUT2D eigenvalue weighted by Crippen LogP contribution is 2.28. The third-order valence-electron chi connectivity index (χ3n) is 3.10. The van der Waals surface area contributed by atoms with Crippen molar-refractivity contribution in [2.45, 2.75) is 6.92 Å². The predicted octanol–water partition coefficient (Wildman–Crippen LogP) is 3.46. The van der Waals surface area contributed by atoms with Crippen LogP contribution in [0, 0.1) is 0 Å². The molecule has 9 heteroatoms. The van der Waals surface area contributed by atoms with Crippen molar-refractivity contribution < 1.29 is 23.8 Å². The first-order chi connectivity index (χ1) is 12.9. The summed E-state index contributed by atoms with van der Waals surface area (Å²) in [7, 11) is 1.45. The van der Waals surface area contributed by atoms with Gasteiger partial charge in [-0.2, -0.15) is 5.10 Å². The smallest absolute Gasteiger partial charge is 0.308 e. The Hall–Kier alpha value is -2.77. The molecule has 0 spiro atoms. The molecule has 0 aliphatic rings. The molecule has 0 heterocycles. The standard InChI is InChI=1S/C18H16Cl2N2O5/c1-11(23)27-16-5-3-12(7-17(16)25-2)9-21-22-18(24)10-26-15-6-4-13(19)8-14(15)20/h3-9H,10H2,1-2H3,(H,22,24)/b21-9-. The maximum absolute atomic E-state index is 11.8. The molecule has 0 bridgehead atoms. The monoisotopic (exact) mass is 410 g/mol. The summed E-state index contributed by atoms with van der Waals surface area (Å²) in [5, 5.41) is 4.61. The van der Waals surface area contributed by atoms with Crippen molar-refractivity contribution in [2.75, 3.05) is 13.7 Å². The number of benzene rings is 2. The van der Waals surface area contributed by atoms with E-state index >= 15 is 0 Å². The SMILES string of the molecule is COc1cc(/C=N\NC(=O)COc2ccc(Cl)cc2Cl)ccc1OC(C)=O. The molecule has 0 saturated carbocycles. The normalized spacial score (nSPS) is 10.5. The summed E-state index contributed by atoms with van der Waals surface area (Å²) in [6.45, 7) is 1.02. The topological polar surface area (TPSA) is 86.2 Å². The molecule has 2 rings (SSSR count). The number of amides is 1. The molecule has 0 radical (unpaired) electrons. The first kappa shape index (κ1) is 20.5. The Bertz CT molecular complexity index is 871. The molecule has 1 N–H and O–H groups in total. The molecule has 0 unspecified atom stereocenters. The van der Waals surface area contributed by atoms with Crippen LogP contribution >= 0.6 is 23.2 Å². The summed E-state index contributed by atoms with van der Waals surface area (Å²) in [6.07, 6.45) is 1.41. The van der Waals surface area contributed by atoms with Gasteiger partial charge in [-0.25, -0.2) is 5.43 Å². The van der Waals surface area contributed by atoms with E-state index < -0.39 is 11.9 Å². The highest BCUT2D eigenvalue weighted by atomic mass is 35.5. The molecular weight excluding hydrogens is 395 g/mol. The van der Waals surface area contributed by atoms with Crippen LogP contribution in [0.4, 0.5) is 0 Å². The van der Waals surface area contributed by atoms with Crippen molar-refractivity contribution in [1.29, 1.82) is 0 Å². The molecule has 0 aliphatic carbocycles. The number of ether oxygens (including phenoxy) is 3. The van der Waals surface area contributed by atoms with Gasteiger partial charge in [-0.15, -0.1) is 0 Å². The Morgan fingerprint density at radius 3 is 2.52 bits per heavy atom. The molecule has 1 amide bonds. The Labute approximate surface area is 165 Å². The van der Waals surface area contributed by atoms with Crippen LogP contribution < -0.4 is 19.6 Å². The lowest BCUT2D eigenvalue weighted by Gasteiger charge is -2.08. The molecule has 2 aromatic carbocycles. The molecule has 0 fully saturated rings. The first-order valence-corrected chi connectivity index (χ1v) is 8.41. The van der Waals surface area contributed by atoms with Crippen LogP contribution in [-0.2, 0) is 9.59 Å². The Morgan fingerprint density at radius 2 is 1.85 bits per heavy atom. The minimum absolute atomic E-state index is 0.270.